The molecule has 108 heavy (non-hydrogen) atoms. The maximum Gasteiger partial charge on any atom is 0.472 e. The summed E-state index contributed by atoms with van der Waals surface area (Å²) in [6, 6.07) is 0. The number of ether oxygens (including phenoxy) is 4. The van der Waals surface area contributed by atoms with E-state index in [4.69, 9.17) is 37.0 Å². The highest BCUT2D eigenvalue weighted by Crippen LogP contribution is 2.45. The first-order valence-electron chi connectivity index (χ1n) is 45.7. The number of carbonyl (C=O) groups is 4. The van der Waals surface area contributed by atoms with Gasteiger partial charge in [-0.25, -0.2) is 9.13 Å². The molecule has 0 fully saturated rings. The van der Waals surface area contributed by atoms with E-state index in [9.17, 15) is 43.2 Å². The molecule has 0 spiro atoms. The van der Waals surface area contributed by atoms with Crippen molar-refractivity contribution in [3.63, 3.8) is 0 Å². The normalized spacial score (nSPS) is 14.1. The van der Waals surface area contributed by atoms with Crippen molar-refractivity contribution in [1.82, 2.24) is 0 Å². The summed E-state index contributed by atoms with van der Waals surface area (Å²) in [5, 5.41) is 10.7. The molecule has 0 rings (SSSR count). The first-order chi connectivity index (χ1) is 52.1. The van der Waals surface area contributed by atoms with Crippen molar-refractivity contribution in [3.05, 3.63) is 0 Å². The lowest BCUT2D eigenvalue weighted by molar-refractivity contribution is -0.161. The molecular weight excluding hydrogens is 1400 g/mol. The average Bonchev–Trinajstić information content (AvgIpc) is 0.900. The van der Waals surface area contributed by atoms with Gasteiger partial charge >= 0.3 is 39.5 Å². The molecule has 642 valence electrons. The van der Waals surface area contributed by atoms with E-state index in [1.807, 2.05) is 0 Å². The molecule has 0 aliphatic rings. The van der Waals surface area contributed by atoms with E-state index in [0.717, 1.165) is 114 Å². The predicted octanol–water partition coefficient (Wildman–Crippen LogP) is 27.1. The van der Waals surface area contributed by atoms with Crippen LogP contribution >= 0.6 is 15.6 Å². The van der Waals surface area contributed by atoms with Gasteiger partial charge in [0.2, 0.25) is 0 Å². The monoisotopic (exact) mass is 1580 g/mol. The molecule has 0 saturated heterocycles. The van der Waals surface area contributed by atoms with Crippen molar-refractivity contribution in [2.75, 3.05) is 39.6 Å². The van der Waals surface area contributed by atoms with E-state index in [-0.39, 0.29) is 25.7 Å². The zero-order chi connectivity index (χ0) is 79.5. The third-order valence-corrected chi connectivity index (χ3v) is 23.1. The number of rotatable bonds is 86. The van der Waals surface area contributed by atoms with Gasteiger partial charge in [-0.05, 0) is 49.4 Å². The van der Waals surface area contributed by atoms with Crippen LogP contribution in [0.4, 0.5) is 0 Å². The Morgan fingerprint density at radius 3 is 0.657 bits per heavy atom. The summed E-state index contributed by atoms with van der Waals surface area (Å²) >= 11 is 0. The molecule has 3 unspecified atom stereocenters. The van der Waals surface area contributed by atoms with Gasteiger partial charge in [-0.15, -0.1) is 0 Å². The van der Waals surface area contributed by atoms with Gasteiger partial charge in [0.15, 0.2) is 12.2 Å². The zero-order valence-corrected chi connectivity index (χ0v) is 73.3. The largest absolute Gasteiger partial charge is 0.472 e. The number of hydrogen-bond donors (Lipinski definition) is 3. The van der Waals surface area contributed by atoms with Crippen LogP contribution < -0.4 is 0 Å². The van der Waals surface area contributed by atoms with Crippen molar-refractivity contribution >= 4 is 39.5 Å². The van der Waals surface area contributed by atoms with Crippen LogP contribution in [0, 0.1) is 23.7 Å². The molecular formula is C89H174O17P2. The van der Waals surface area contributed by atoms with Crippen LogP contribution in [0.3, 0.4) is 0 Å². The van der Waals surface area contributed by atoms with E-state index < -0.39 is 97.5 Å². The second-order valence-electron chi connectivity index (χ2n) is 33.7. The van der Waals surface area contributed by atoms with Crippen LogP contribution in [-0.2, 0) is 65.4 Å². The van der Waals surface area contributed by atoms with E-state index in [0.29, 0.717) is 31.6 Å². The number of phosphoric acid groups is 2. The second-order valence-corrected chi connectivity index (χ2v) is 36.6. The highest BCUT2D eigenvalue weighted by Gasteiger charge is 2.31. The molecule has 19 heteroatoms. The molecule has 0 aromatic carbocycles. The summed E-state index contributed by atoms with van der Waals surface area (Å²) in [6.45, 7) is 14.3. The van der Waals surface area contributed by atoms with Gasteiger partial charge in [-0.2, -0.15) is 0 Å². The molecule has 0 amide bonds. The first kappa shape index (κ1) is 106. The van der Waals surface area contributed by atoms with Crippen molar-refractivity contribution < 1.29 is 80.2 Å². The SMILES string of the molecule is CCC(C)CCCCCCCCCCCCCCCCCCCCC(=O)O[C@H](COC(=O)CCCCCCCCC(C)C)COP(=O)(O)OC[C@H](O)COP(=O)(O)OC[C@@H](COC(=O)CCCCCCCCCCCCCCCCCC(C)C)OC(=O)CCCCCCCCCCCCCCCCCCC(C)C. The fraction of sp³-hybridized carbons (Fsp3) is 0.955. The Labute approximate surface area is 664 Å². The molecule has 0 heterocycles. The zero-order valence-electron chi connectivity index (χ0n) is 71.5. The van der Waals surface area contributed by atoms with Gasteiger partial charge in [-0.1, -0.05) is 415 Å². The summed E-state index contributed by atoms with van der Waals surface area (Å²) in [5.74, 6) is 1.06. The predicted molar refractivity (Wildman–Crippen MR) is 446 cm³/mol. The van der Waals surface area contributed by atoms with Gasteiger partial charge in [0, 0.05) is 25.7 Å². The summed E-state index contributed by atoms with van der Waals surface area (Å²) in [6.07, 6.45) is 68.3. The average molecular weight is 1580 g/mol. The van der Waals surface area contributed by atoms with Gasteiger partial charge in [0.1, 0.15) is 19.3 Å². The maximum atomic E-state index is 13.2. The van der Waals surface area contributed by atoms with E-state index in [1.54, 1.807) is 0 Å². The Balaban J connectivity index is 5.19. The lowest BCUT2D eigenvalue weighted by Gasteiger charge is -2.21. The minimum atomic E-state index is -4.97. The minimum absolute atomic E-state index is 0.107. The summed E-state index contributed by atoms with van der Waals surface area (Å²) in [7, 11) is -9.93. The molecule has 0 aromatic rings. The standard InChI is InChI=1S/C89H174O17P2/c1-9-82(8)68-60-52-43-37-31-25-19-12-10-11-13-20-27-33-39-45-55-64-72-89(94)106-85(76-100-87(92)70-62-54-48-47-51-59-67-81(6)7)78-104-108(97,98)102-74-83(90)73-101-107(95,96)103-77-84(75-99-86(91)69-61-53-44-38-32-26-22-16-18-24-30-36-42-50-58-66-80(4)5)105-88(93)71-63-56-46-40-34-28-21-15-14-17-23-29-35-41-49-57-65-79(2)3/h79-85,90H,9-78H2,1-8H3,(H,95,96)(H,97,98)/t82?,83-,84-,85-/m1/s1. The number of phosphoric ester groups is 2. The molecule has 6 atom stereocenters. The number of aliphatic hydroxyl groups excluding tert-OH is 1. The Kier molecular flexibility index (Phi) is 76.2. The van der Waals surface area contributed by atoms with Crippen LogP contribution in [0.15, 0.2) is 0 Å². The van der Waals surface area contributed by atoms with Crippen LogP contribution in [0.25, 0.3) is 0 Å². The number of esters is 4. The summed E-state index contributed by atoms with van der Waals surface area (Å²) in [4.78, 5) is 73.3. The van der Waals surface area contributed by atoms with E-state index in [1.165, 1.54) is 263 Å². The molecule has 0 saturated carbocycles. The fourth-order valence-corrected chi connectivity index (χ4v) is 15.4. The molecule has 0 aromatic heterocycles. The van der Waals surface area contributed by atoms with Crippen molar-refractivity contribution in [2.45, 2.75) is 485 Å². The highest BCUT2D eigenvalue weighted by atomic mass is 31.2. The van der Waals surface area contributed by atoms with Crippen LogP contribution in [0.2, 0.25) is 0 Å². The third kappa shape index (κ3) is 80.7. The van der Waals surface area contributed by atoms with Crippen molar-refractivity contribution in [1.29, 1.82) is 0 Å². The highest BCUT2D eigenvalue weighted by molar-refractivity contribution is 7.47. The van der Waals surface area contributed by atoms with Crippen LogP contribution in [-0.4, -0.2) is 96.7 Å². The third-order valence-electron chi connectivity index (χ3n) is 21.2. The molecule has 0 aliphatic carbocycles. The molecule has 0 bridgehead atoms. The number of hydrogen-bond acceptors (Lipinski definition) is 15. The lowest BCUT2D eigenvalue weighted by atomic mass is 9.99. The van der Waals surface area contributed by atoms with Gasteiger partial charge in [0.25, 0.3) is 0 Å². The number of carbonyl (C=O) groups excluding carboxylic acids is 4. The van der Waals surface area contributed by atoms with Crippen LogP contribution in [0.1, 0.15) is 466 Å². The topological polar surface area (TPSA) is 237 Å². The molecule has 0 radical (unpaired) electrons. The van der Waals surface area contributed by atoms with Gasteiger partial charge in [0.05, 0.1) is 26.4 Å². The van der Waals surface area contributed by atoms with Crippen molar-refractivity contribution in [2.24, 2.45) is 23.7 Å². The molecule has 3 N–H and O–H groups in total. The van der Waals surface area contributed by atoms with Gasteiger partial charge in [-0.3, -0.25) is 37.3 Å². The second kappa shape index (κ2) is 77.6. The Morgan fingerprint density at radius 2 is 0.444 bits per heavy atom. The smallest absolute Gasteiger partial charge is 0.462 e. The summed E-state index contributed by atoms with van der Waals surface area (Å²) in [5.41, 5.74) is 0. The quantitative estimate of drug-likeness (QED) is 0.0222. The van der Waals surface area contributed by atoms with E-state index >= 15 is 0 Å². The Morgan fingerprint density at radius 1 is 0.259 bits per heavy atom. The molecule has 17 nitrogen and oxygen atoms in total. The Hall–Kier alpha value is -1.94. The summed E-state index contributed by atoms with van der Waals surface area (Å²) < 4.78 is 68.9. The lowest BCUT2D eigenvalue weighted by Crippen LogP contribution is -2.30. The number of aliphatic hydroxyl groups is 1. The van der Waals surface area contributed by atoms with E-state index in [2.05, 4.69) is 55.4 Å². The minimum Gasteiger partial charge on any atom is -0.462 e. The van der Waals surface area contributed by atoms with Crippen molar-refractivity contribution in [3.8, 4) is 0 Å². The fourth-order valence-electron chi connectivity index (χ4n) is 13.8. The first-order valence-corrected chi connectivity index (χ1v) is 48.7. The molecule has 0 aliphatic heterocycles. The number of unbranched alkanes of at least 4 members (excludes halogenated alkanes) is 51. The van der Waals surface area contributed by atoms with Crippen LogP contribution in [0.5, 0.6) is 0 Å². The Bertz CT molecular complexity index is 2100. The maximum absolute atomic E-state index is 13.2. The van der Waals surface area contributed by atoms with Gasteiger partial charge < -0.3 is 33.8 Å².